The second-order valence-electron chi connectivity index (χ2n) is 5.61. The lowest BCUT2D eigenvalue weighted by molar-refractivity contribution is 0.0519. The van der Waals surface area contributed by atoms with Crippen LogP contribution in [0.4, 0.5) is 0 Å². The number of nitrogens with zero attached hydrogens (tertiary/aromatic N) is 2. The zero-order chi connectivity index (χ0) is 17.8. The smallest absolute Gasteiger partial charge is 0.358 e. The fraction of sp³-hybridized carbons (Fsp3) is 0.200. The van der Waals surface area contributed by atoms with Gasteiger partial charge in [-0.15, -0.1) is 11.8 Å². The van der Waals surface area contributed by atoms with E-state index in [1.807, 2.05) is 49.6 Å². The van der Waals surface area contributed by atoms with E-state index in [9.17, 15) is 4.79 Å². The summed E-state index contributed by atoms with van der Waals surface area (Å²) < 4.78 is 6.90. The molecule has 3 aromatic rings. The van der Waals surface area contributed by atoms with Gasteiger partial charge in [0.25, 0.3) is 0 Å². The van der Waals surface area contributed by atoms with Gasteiger partial charge < -0.3 is 4.74 Å². The van der Waals surface area contributed by atoms with Crippen LogP contribution in [0.5, 0.6) is 0 Å². The number of aryl methyl sites for hydroxylation is 1. The topological polar surface area (TPSA) is 44.1 Å². The molecule has 0 unspecified atom stereocenters. The molecule has 2 aromatic carbocycles. The molecule has 0 radical (unpaired) electrons. The van der Waals surface area contributed by atoms with E-state index in [4.69, 9.17) is 4.74 Å². The number of rotatable bonds is 5. The molecule has 1 aromatic heterocycles. The van der Waals surface area contributed by atoms with Gasteiger partial charge in [-0.25, -0.2) is 9.48 Å². The second-order valence-corrected chi connectivity index (χ2v) is 6.49. The van der Waals surface area contributed by atoms with Gasteiger partial charge >= 0.3 is 5.97 Å². The summed E-state index contributed by atoms with van der Waals surface area (Å²) in [5, 5.41) is 4.48. The minimum absolute atomic E-state index is 0.311. The highest BCUT2D eigenvalue weighted by atomic mass is 32.2. The van der Waals surface area contributed by atoms with Crippen molar-refractivity contribution in [2.75, 3.05) is 12.9 Å². The third-order valence-corrected chi connectivity index (χ3v) is 4.60. The Hall–Kier alpha value is -2.53. The van der Waals surface area contributed by atoms with E-state index in [2.05, 4.69) is 17.2 Å². The molecule has 0 saturated heterocycles. The fourth-order valence-electron chi connectivity index (χ4n) is 2.54. The Labute approximate surface area is 151 Å². The summed E-state index contributed by atoms with van der Waals surface area (Å²) in [4.78, 5) is 13.3. The molecule has 0 spiro atoms. The lowest BCUT2D eigenvalue weighted by atomic mass is 10.1. The predicted octanol–water partition coefficient (Wildman–Crippen LogP) is 4.75. The Morgan fingerprint density at radius 1 is 1.12 bits per heavy atom. The van der Waals surface area contributed by atoms with Crippen molar-refractivity contribution in [3.05, 3.63) is 65.9 Å². The highest BCUT2D eigenvalue weighted by molar-refractivity contribution is 7.98. The maximum atomic E-state index is 12.1. The van der Waals surface area contributed by atoms with Crippen LogP contribution in [-0.2, 0) is 4.74 Å². The van der Waals surface area contributed by atoms with Crippen LogP contribution >= 0.6 is 11.8 Å². The monoisotopic (exact) mass is 352 g/mol. The van der Waals surface area contributed by atoms with Crippen LogP contribution in [0.25, 0.3) is 16.9 Å². The number of ether oxygens (including phenoxy) is 1. The first kappa shape index (κ1) is 17.3. The number of hydrogen-bond donors (Lipinski definition) is 0. The first-order valence-electron chi connectivity index (χ1n) is 8.11. The van der Waals surface area contributed by atoms with Gasteiger partial charge in [-0.05, 0) is 50.4 Å². The molecular formula is C20H20N2O2S. The molecule has 0 saturated carbocycles. The minimum Gasteiger partial charge on any atom is -0.461 e. The molecule has 1 heterocycles. The Kier molecular flexibility index (Phi) is 5.24. The molecule has 0 fully saturated rings. The van der Waals surface area contributed by atoms with E-state index in [-0.39, 0.29) is 0 Å². The Balaban J connectivity index is 2.10. The van der Waals surface area contributed by atoms with Crippen molar-refractivity contribution < 1.29 is 9.53 Å². The van der Waals surface area contributed by atoms with Crippen molar-refractivity contribution in [2.45, 2.75) is 18.7 Å². The van der Waals surface area contributed by atoms with E-state index >= 15 is 0 Å². The lowest BCUT2D eigenvalue weighted by Crippen LogP contribution is -2.06. The lowest BCUT2D eigenvalue weighted by Gasteiger charge is -2.08. The molecule has 0 atom stereocenters. The predicted molar refractivity (Wildman–Crippen MR) is 101 cm³/mol. The van der Waals surface area contributed by atoms with Crippen molar-refractivity contribution >= 4 is 17.7 Å². The molecule has 0 amide bonds. The normalized spacial score (nSPS) is 10.7. The van der Waals surface area contributed by atoms with Crippen LogP contribution < -0.4 is 0 Å². The molecule has 4 nitrogen and oxygen atoms in total. The molecular weight excluding hydrogens is 332 g/mol. The summed E-state index contributed by atoms with van der Waals surface area (Å²) >= 11 is 1.70. The number of carbonyl (C=O) groups excluding carboxylic acids is 1. The summed E-state index contributed by atoms with van der Waals surface area (Å²) in [7, 11) is 0. The van der Waals surface area contributed by atoms with E-state index in [0.29, 0.717) is 12.3 Å². The Bertz CT molecular complexity index is 868. The third kappa shape index (κ3) is 3.77. The van der Waals surface area contributed by atoms with Gasteiger partial charge in [-0.3, -0.25) is 0 Å². The zero-order valence-corrected chi connectivity index (χ0v) is 15.3. The number of thioether (sulfide) groups is 1. The molecule has 0 N–H and O–H groups in total. The maximum absolute atomic E-state index is 12.1. The Morgan fingerprint density at radius 2 is 1.80 bits per heavy atom. The third-order valence-electron chi connectivity index (χ3n) is 3.86. The summed E-state index contributed by atoms with van der Waals surface area (Å²) in [6.07, 6.45) is 2.05. The number of benzene rings is 2. The summed E-state index contributed by atoms with van der Waals surface area (Å²) in [6, 6.07) is 18.1. The maximum Gasteiger partial charge on any atom is 0.358 e. The Morgan fingerprint density at radius 3 is 2.40 bits per heavy atom. The fourth-order valence-corrected chi connectivity index (χ4v) is 2.94. The number of carbonyl (C=O) groups is 1. The highest BCUT2D eigenvalue weighted by Gasteiger charge is 2.17. The first-order chi connectivity index (χ1) is 12.1. The van der Waals surface area contributed by atoms with E-state index in [1.165, 1.54) is 10.5 Å². The summed E-state index contributed by atoms with van der Waals surface area (Å²) in [5.74, 6) is -0.407. The van der Waals surface area contributed by atoms with Gasteiger partial charge in [0.15, 0.2) is 5.69 Å². The van der Waals surface area contributed by atoms with E-state index in [0.717, 1.165) is 16.9 Å². The standard InChI is InChI=1S/C20H20N2O2S/c1-4-24-20(23)18-13-19(15-7-11-17(25-3)12-8-15)22(21-18)16-9-5-14(2)6-10-16/h5-13H,4H2,1-3H3. The quantitative estimate of drug-likeness (QED) is 0.491. The van der Waals surface area contributed by atoms with Crippen molar-refractivity contribution in [1.82, 2.24) is 9.78 Å². The second kappa shape index (κ2) is 7.57. The first-order valence-corrected chi connectivity index (χ1v) is 9.33. The molecule has 3 rings (SSSR count). The SMILES string of the molecule is CCOC(=O)c1cc(-c2ccc(SC)cc2)n(-c2ccc(C)cc2)n1. The van der Waals surface area contributed by atoms with Gasteiger partial charge in [0.1, 0.15) is 0 Å². The van der Waals surface area contributed by atoms with E-state index in [1.54, 1.807) is 29.4 Å². The highest BCUT2D eigenvalue weighted by Crippen LogP contribution is 2.26. The average molecular weight is 352 g/mol. The number of esters is 1. The van der Waals surface area contributed by atoms with Gasteiger partial charge in [-0.2, -0.15) is 5.10 Å². The van der Waals surface area contributed by atoms with Crippen molar-refractivity contribution in [3.63, 3.8) is 0 Å². The van der Waals surface area contributed by atoms with Crippen LogP contribution in [0, 0.1) is 6.92 Å². The van der Waals surface area contributed by atoms with Gasteiger partial charge in [0, 0.05) is 10.5 Å². The molecule has 5 heteroatoms. The van der Waals surface area contributed by atoms with Crippen LogP contribution in [0.1, 0.15) is 23.0 Å². The van der Waals surface area contributed by atoms with E-state index < -0.39 is 5.97 Å². The van der Waals surface area contributed by atoms with Crippen LogP contribution in [0.15, 0.2) is 59.5 Å². The van der Waals surface area contributed by atoms with Crippen molar-refractivity contribution in [3.8, 4) is 16.9 Å². The minimum atomic E-state index is -0.407. The number of aromatic nitrogens is 2. The largest absolute Gasteiger partial charge is 0.461 e. The number of hydrogen-bond acceptors (Lipinski definition) is 4. The molecule has 0 aliphatic carbocycles. The average Bonchev–Trinajstić information content (AvgIpc) is 3.08. The molecule has 0 aliphatic rings. The zero-order valence-electron chi connectivity index (χ0n) is 14.5. The molecule has 128 valence electrons. The van der Waals surface area contributed by atoms with Crippen LogP contribution in [-0.4, -0.2) is 28.6 Å². The molecule has 0 bridgehead atoms. The molecule has 0 aliphatic heterocycles. The van der Waals surface area contributed by atoms with Gasteiger partial charge in [0.2, 0.25) is 0 Å². The van der Waals surface area contributed by atoms with Gasteiger partial charge in [-0.1, -0.05) is 29.8 Å². The van der Waals surface area contributed by atoms with Crippen molar-refractivity contribution in [1.29, 1.82) is 0 Å². The molecule has 25 heavy (non-hydrogen) atoms. The van der Waals surface area contributed by atoms with Gasteiger partial charge in [0.05, 0.1) is 18.0 Å². The summed E-state index contributed by atoms with van der Waals surface area (Å²) in [5.41, 5.74) is 4.25. The van der Waals surface area contributed by atoms with Crippen LogP contribution in [0.2, 0.25) is 0 Å². The van der Waals surface area contributed by atoms with Crippen LogP contribution in [0.3, 0.4) is 0 Å². The van der Waals surface area contributed by atoms with Crippen molar-refractivity contribution in [2.24, 2.45) is 0 Å². The summed E-state index contributed by atoms with van der Waals surface area (Å²) in [6.45, 7) is 4.16.